The van der Waals surface area contributed by atoms with Gasteiger partial charge in [-0.1, -0.05) is 6.07 Å². The van der Waals surface area contributed by atoms with Crippen molar-refractivity contribution in [1.29, 1.82) is 0 Å². The molecule has 0 spiro atoms. The van der Waals surface area contributed by atoms with Gasteiger partial charge in [0, 0.05) is 24.3 Å². The van der Waals surface area contributed by atoms with E-state index in [0.29, 0.717) is 25.1 Å². The van der Waals surface area contributed by atoms with Crippen LogP contribution in [0, 0.1) is 6.92 Å². The van der Waals surface area contributed by atoms with Gasteiger partial charge in [-0.25, -0.2) is 0 Å². The minimum atomic E-state index is 0.464. The van der Waals surface area contributed by atoms with Gasteiger partial charge in [0.25, 0.3) is 0 Å². The van der Waals surface area contributed by atoms with Gasteiger partial charge in [0.05, 0.1) is 0 Å². The number of anilines is 2. The summed E-state index contributed by atoms with van der Waals surface area (Å²) < 4.78 is 0. The lowest BCUT2D eigenvalue weighted by Crippen LogP contribution is -2.22. The largest absolute Gasteiger partial charge is 0.398 e. The van der Waals surface area contributed by atoms with Crippen LogP contribution >= 0.6 is 0 Å². The molecule has 0 radical (unpaired) electrons. The second kappa shape index (κ2) is 5.90. The third kappa shape index (κ3) is 3.08. The minimum absolute atomic E-state index is 0.464. The third-order valence-corrected chi connectivity index (χ3v) is 2.44. The second-order valence-electron chi connectivity index (χ2n) is 3.65. The molecule has 0 aliphatic heterocycles. The number of unbranched alkanes of at least 4 members (excludes halogenated alkanes) is 1. The van der Waals surface area contributed by atoms with Crippen LogP contribution in [0.4, 0.5) is 11.4 Å². The molecular formula is C12H16N2O2. The van der Waals surface area contributed by atoms with Gasteiger partial charge in [-0.05, 0) is 31.0 Å². The Hall–Kier alpha value is -1.84. The summed E-state index contributed by atoms with van der Waals surface area (Å²) in [5, 5.41) is 0. The van der Waals surface area contributed by atoms with Crippen molar-refractivity contribution >= 4 is 24.1 Å². The molecule has 1 rings (SSSR count). The maximum absolute atomic E-state index is 10.9. The summed E-state index contributed by atoms with van der Waals surface area (Å²) in [5.74, 6) is 0. The number of carbonyl (C=O) groups excluding carboxylic acids is 2. The van der Waals surface area contributed by atoms with E-state index in [0.717, 1.165) is 23.9 Å². The fourth-order valence-corrected chi connectivity index (χ4v) is 1.39. The molecule has 1 amide bonds. The molecule has 2 N–H and O–H groups in total. The Bertz CT molecular complexity index is 377. The van der Waals surface area contributed by atoms with E-state index >= 15 is 0 Å². The van der Waals surface area contributed by atoms with E-state index in [9.17, 15) is 9.59 Å². The zero-order valence-corrected chi connectivity index (χ0v) is 9.35. The number of carbonyl (C=O) groups is 2. The summed E-state index contributed by atoms with van der Waals surface area (Å²) in [6, 6.07) is 5.49. The summed E-state index contributed by atoms with van der Waals surface area (Å²) in [4.78, 5) is 22.6. The molecule has 1 aromatic rings. The molecule has 86 valence electrons. The van der Waals surface area contributed by atoms with Crippen LogP contribution in [-0.4, -0.2) is 19.2 Å². The molecule has 0 aromatic heterocycles. The first-order valence-electron chi connectivity index (χ1n) is 5.20. The molecule has 0 heterocycles. The summed E-state index contributed by atoms with van der Waals surface area (Å²) in [6.07, 6.45) is 2.74. The van der Waals surface area contributed by atoms with Crippen molar-refractivity contribution in [2.45, 2.75) is 19.8 Å². The number of nitrogen functional groups attached to an aromatic ring is 1. The van der Waals surface area contributed by atoms with Gasteiger partial charge in [0.15, 0.2) is 0 Å². The molecule has 0 atom stereocenters. The first-order chi connectivity index (χ1) is 7.69. The van der Waals surface area contributed by atoms with E-state index < -0.39 is 0 Å². The highest BCUT2D eigenvalue weighted by atomic mass is 16.1. The zero-order chi connectivity index (χ0) is 12.0. The molecule has 4 heteroatoms. The minimum Gasteiger partial charge on any atom is -0.398 e. The predicted octanol–water partition coefficient (Wildman–Crippen LogP) is 1.52. The number of amides is 1. The van der Waals surface area contributed by atoms with Gasteiger partial charge >= 0.3 is 0 Å². The smallest absolute Gasteiger partial charge is 0.214 e. The first kappa shape index (κ1) is 12.2. The van der Waals surface area contributed by atoms with Crippen LogP contribution in [0.2, 0.25) is 0 Å². The number of aldehydes is 1. The molecule has 4 nitrogen and oxygen atoms in total. The van der Waals surface area contributed by atoms with Crippen LogP contribution in [-0.2, 0) is 9.59 Å². The number of nitrogens with two attached hydrogens (primary N) is 1. The zero-order valence-electron chi connectivity index (χ0n) is 9.35. The van der Waals surface area contributed by atoms with Gasteiger partial charge in [-0.3, -0.25) is 4.79 Å². The van der Waals surface area contributed by atoms with E-state index in [1.807, 2.05) is 19.1 Å². The number of hydrogen-bond acceptors (Lipinski definition) is 3. The maximum atomic E-state index is 10.9. The van der Waals surface area contributed by atoms with Crippen LogP contribution in [0.1, 0.15) is 18.4 Å². The van der Waals surface area contributed by atoms with Crippen LogP contribution in [0.5, 0.6) is 0 Å². The van der Waals surface area contributed by atoms with Crippen molar-refractivity contribution in [1.82, 2.24) is 0 Å². The van der Waals surface area contributed by atoms with Crippen molar-refractivity contribution in [3.63, 3.8) is 0 Å². The summed E-state index contributed by atoms with van der Waals surface area (Å²) >= 11 is 0. The molecule has 0 aliphatic rings. The van der Waals surface area contributed by atoms with Crippen molar-refractivity contribution in [2.24, 2.45) is 0 Å². The molecule has 0 bridgehead atoms. The Kier molecular flexibility index (Phi) is 4.51. The molecule has 0 saturated heterocycles. The van der Waals surface area contributed by atoms with Crippen molar-refractivity contribution in [2.75, 3.05) is 17.2 Å². The quantitative estimate of drug-likeness (QED) is 0.449. The summed E-state index contributed by atoms with van der Waals surface area (Å²) in [6.45, 7) is 2.45. The SMILES string of the molecule is Cc1ccc(N(C=O)CCCC=O)cc1N. The van der Waals surface area contributed by atoms with Crippen LogP contribution in [0.15, 0.2) is 18.2 Å². The van der Waals surface area contributed by atoms with Gasteiger partial charge in [0.2, 0.25) is 6.41 Å². The molecular weight excluding hydrogens is 204 g/mol. The van der Waals surface area contributed by atoms with Gasteiger partial charge in [0.1, 0.15) is 6.29 Å². The number of nitrogens with zero attached hydrogens (tertiary/aromatic N) is 1. The number of hydrogen-bond donors (Lipinski definition) is 1. The predicted molar refractivity (Wildman–Crippen MR) is 64.3 cm³/mol. The Morgan fingerprint density at radius 3 is 2.69 bits per heavy atom. The molecule has 0 saturated carbocycles. The summed E-state index contributed by atoms with van der Waals surface area (Å²) in [7, 11) is 0. The highest BCUT2D eigenvalue weighted by Gasteiger charge is 2.05. The van der Waals surface area contributed by atoms with Crippen molar-refractivity contribution in [3.8, 4) is 0 Å². The van der Waals surface area contributed by atoms with Gasteiger partial charge in [-0.15, -0.1) is 0 Å². The molecule has 0 unspecified atom stereocenters. The van der Waals surface area contributed by atoms with E-state index in [1.165, 1.54) is 0 Å². The number of rotatable bonds is 6. The van der Waals surface area contributed by atoms with E-state index in [2.05, 4.69) is 0 Å². The molecule has 0 fully saturated rings. The Labute approximate surface area is 95.0 Å². The average molecular weight is 220 g/mol. The van der Waals surface area contributed by atoms with E-state index in [4.69, 9.17) is 5.73 Å². The first-order valence-corrected chi connectivity index (χ1v) is 5.20. The third-order valence-electron chi connectivity index (χ3n) is 2.44. The Balaban J connectivity index is 2.74. The van der Waals surface area contributed by atoms with Crippen molar-refractivity contribution < 1.29 is 9.59 Å². The standard InChI is InChI=1S/C12H16N2O2/c1-10-4-5-11(8-12(10)13)14(9-16)6-2-3-7-15/h4-5,7-9H,2-3,6,13H2,1H3. The Morgan fingerprint density at radius 2 is 2.12 bits per heavy atom. The van der Waals surface area contributed by atoms with Gasteiger partial charge < -0.3 is 15.4 Å². The Morgan fingerprint density at radius 1 is 1.38 bits per heavy atom. The van der Waals surface area contributed by atoms with E-state index in [-0.39, 0.29) is 0 Å². The van der Waals surface area contributed by atoms with Crippen LogP contribution < -0.4 is 10.6 Å². The molecule has 16 heavy (non-hydrogen) atoms. The lowest BCUT2D eigenvalue weighted by Gasteiger charge is -2.17. The second-order valence-corrected chi connectivity index (χ2v) is 3.65. The lowest BCUT2D eigenvalue weighted by atomic mass is 10.1. The van der Waals surface area contributed by atoms with Crippen LogP contribution in [0.25, 0.3) is 0 Å². The molecule has 1 aromatic carbocycles. The van der Waals surface area contributed by atoms with Gasteiger partial charge in [-0.2, -0.15) is 0 Å². The molecule has 0 aliphatic carbocycles. The highest BCUT2D eigenvalue weighted by molar-refractivity contribution is 5.77. The monoisotopic (exact) mass is 220 g/mol. The topological polar surface area (TPSA) is 63.4 Å². The van der Waals surface area contributed by atoms with Crippen molar-refractivity contribution in [3.05, 3.63) is 23.8 Å². The normalized spacial score (nSPS) is 9.81. The highest BCUT2D eigenvalue weighted by Crippen LogP contribution is 2.20. The fraction of sp³-hybridized carbons (Fsp3) is 0.333. The van der Waals surface area contributed by atoms with Crippen LogP contribution in [0.3, 0.4) is 0 Å². The van der Waals surface area contributed by atoms with E-state index in [1.54, 1.807) is 11.0 Å². The summed E-state index contributed by atoms with van der Waals surface area (Å²) in [5.41, 5.74) is 8.19. The maximum Gasteiger partial charge on any atom is 0.214 e. The fourth-order valence-electron chi connectivity index (χ4n) is 1.39. The average Bonchev–Trinajstić information content (AvgIpc) is 2.29. The lowest BCUT2D eigenvalue weighted by molar-refractivity contribution is -0.109. The number of benzene rings is 1. The number of aryl methyl sites for hydroxylation is 1.